The van der Waals surface area contributed by atoms with Gasteiger partial charge < -0.3 is 10.1 Å². The second kappa shape index (κ2) is 5.87. The molecule has 1 N–H and O–H groups in total. The van der Waals surface area contributed by atoms with Crippen molar-refractivity contribution in [1.82, 2.24) is 5.32 Å². The van der Waals surface area contributed by atoms with E-state index in [0.29, 0.717) is 11.8 Å². The summed E-state index contributed by atoms with van der Waals surface area (Å²) in [5, 5.41) is 3.48. The molecule has 1 fully saturated rings. The van der Waals surface area contributed by atoms with Crippen LogP contribution in [0.3, 0.4) is 0 Å². The van der Waals surface area contributed by atoms with Gasteiger partial charge in [0.2, 0.25) is 0 Å². The molecule has 1 aromatic carbocycles. The average Bonchev–Trinajstić information content (AvgIpc) is 2.41. The van der Waals surface area contributed by atoms with Crippen LogP contribution >= 0.6 is 0 Å². The zero-order valence-electron chi connectivity index (χ0n) is 12.6. The van der Waals surface area contributed by atoms with Crippen molar-refractivity contribution in [3.63, 3.8) is 0 Å². The van der Waals surface area contributed by atoms with Crippen molar-refractivity contribution in [2.75, 3.05) is 6.54 Å². The largest absolute Gasteiger partial charge is 0.490 e. The van der Waals surface area contributed by atoms with E-state index in [1.807, 2.05) is 0 Å². The predicted octanol–water partition coefficient (Wildman–Crippen LogP) is 4.25. The van der Waals surface area contributed by atoms with E-state index in [9.17, 15) is 13.2 Å². The number of hydrogen-bond donors (Lipinski definition) is 1. The Bertz CT molecular complexity index is 467. The number of ether oxygens (including phenoxy) is 1. The molecule has 21 heavy (non-hydrogen) atoms. The topological polar surface area (TPSA) is 21.3 Å². The van der Waals surface area contributed by atoms with Crippen LogP contribution in [0.25, 0.3) is 0 Å². The van der Waals surface area contributed by atoms with Crippen LogP contribution in [0.2, 0.25) is 0 Å². The van der Waals surface area contributed by atoms with Crippen LogP contribution in [0, 0.1) is 5.41 Å². The lowest BCUT2D eigenvalue weighted by molar-refractivity contribution is -0.137. The molecule has 1 aromatic rings. The summed E-state index contributed by atoms with van der Waals surface area (Å²) in [6.07, 6.45) is -2.31. The van der Waals surface area contributed by atoms with Gasteiger partial charge in [-0.15, -0.1) is 0 Å². The van der Waals surface area contributed by atoms with Crippen molar-refractivity contribution in [3.05, 3.63) is 29.8 Å². The summed E-state index contributed by atoms with van der Waals surface area (Å²) in [5.41, 5.74) is -0.664. The van der Waals surface area contributed by atoms with E-state index in [-0.39, 0.29) is 11.5 Å². The maximum Gasteiger partial charge on any atom is 0.416 e. The summed E-state index contributed by atoms with van der Waals surface area (Å²) >= 11 is 0. The third-order valence-corrected chi connectivity index (χ3v) is 4.28. The van der Waals surface area contributed by atoms with Gasteiger partial charge in [-0.3, -0.25) is 0 Å². The summed E-state index contributed by atoms with van der Waals surface area (Å²) < 4.78 is 43.3. The van der Waals surface area contributed by atoms with E-state index in [4.69, 9.17) is 4.74 Å². The molecule has 0 saturated heterocycles. The highest BCUT2D eigenvalue weighted by molar-refractivity contribution is 5.29. The highest BCUT2D eigenvalue weighted by Crippen LogP contribution is 2.43. The van der Waals surface area contributed by atoms with E-state index in [1.54, 1.807) is 0 Å². The fraction of sp³-hybridized carbons (Fsp3) is 0.625. The summed E-state index contributed by atoms with van der Waals surface area (Å²) in [4.78, 5) is 0. The number of benzene rings is 1. The van der Waals surface area contributed by atoms with Gasteiger partial charge in [0.15, 0.2) is 0 Å². The van der Waals surface area contributed by atoms with Crippen molar-refractivity contribution in [3.8, 4) is 5.75 Å². The highest BCUT2D eigenvalue weighted by Gasteiger charge is 2.49. The van der Waals surface area contributed by atoms with Crippen molar-refractivity contribution < 1.29 is 17.9 Å². The molecule has 2 atom stereocenters. The number of hydrogen-bond acceptors (Lipinski definition) is 2. The first-order valence-electron chi connectivity index (χ1n) is 7.32. The van der Waals surface area contributed by atoms with E-state index >= 15 is 0 Å². The Morgan fingerprint density at radius 3 is 2.33 bits per heavy atom. The normalized spacial score (nSPS) is 24.5. The lowest BCUT2D eigenvalue weighted by Crippen LogP contribution is -2.62. The van der Waals surface area contributed by atoms with Crippen molar-refractivity contribution in [1.29, 1.82) is 0 Å². The van der Waals surface area contributed by atoms with Gasteiger partial charge in [-0.2, -0.15) is 13.2 Å². The molecule has 1 aliphatic carbocycles. The zero-order valence-corrected chi connectivity index (χ0v) is 12.6. The quantitative estimate of drug-likeness (QED) is 0.878. The second-order valence-electron chi connectivity index (χ2n) is 6.19. The fourth-order valence-electron chi connectivity index (χ4n) is 2.64. The van der Waals surface area contributed by atoms with E-state index in [0.717, 1.165) is 31.5 Å². The summed E-state index contributed by atoms with van der Waals surface area (Å²) in [6.45, 7) is 7.34. The summed E-state index contributed by atoms with van der Waals surface area (Å²) in [5.74, 6) is 0.495. The van der Waals surface area contributed by atoms with Gasteiger partial charge >= 0.3 is 6.18 Å². The van der Waals surface area contributed by atoms with E-state index in [2.05, 4.69) is 26.1 Å². The first kappa shape index (κ1) is 16.1. The van der Waals surface area contributed by atoms with E-state index in [1.165, 1.54) is 12.1 Å². The number of halogens is 3. The molecular formula is C16H22F3NO. The molecule has 0 amide bonds. The lowest BCUT2D eigenvalue weighted by Gasteiger charge is -2.51. The van der Waals surface area contributed by atoms with Gasteiger partial charge in [-0.05, 0) is 37.2 Å². The Kier molecular flexibility index (Phi) is 4.51. The van der Waals surface area contributed by atoms with Crippen LogP contribution in [0.15, 0.2) is 24.3 Å². The molecule has 0 spiro atoms. The van der Waals surface area contributed by atoms with Crippen molar-refractivity contribution in [2.24, 2.45) is 5.41 Å². The average molecular weight is 301 g/mol. The fourth-order valence-corrected chi connectivity index (χ4v) is 2.64. The van der Waals surface area contributed by atoms with Gasteiger partial charge in [-0.25, -0.2) is 0 Å². The Hall–Kier alpha value is -1.23. The summed E-state index contributed by atoms with van der Waals surface area (Å²) in [7, 11) is 0. The highest BCUT2D eigenvalue weighted by atomic mass is 19.4. The minimum Gasteiger partial charge on any atom is -0.490 e. The van der Waals surface area contributed by atoms with Gasteiger partial charge in [0, 0.05) is 17.9 Å². The van der Waals surface area contributed by atoms with Crippen LogP contribution in [0.5, 0.6) is 5.75 Å². The Labute approximate surface area is 123 Å². The molecule has 2 nitrogen and oxygen atoms in total. The molecule has 2 unspecified atom stereocenters. The van der Waals surface area contributed by atoms with E-state index < -0.39 is 11.7 Å². The number of rotatable bonds is 5. The maximum absolute atomic E-state index is 12.5. The minimum absolute atomic E-state index is 0.0160. The number of nitrogens with one attached hydrogen (secondary N) is 1. The second-order valence-corrected chi connectivity index (χ2v) is 6.19. The van der Waals surface area contributed by atoms with Gasteiger partial charge in [0.25, 0.3) is 0 Å². The van der Waals surface area contributed by atoms with Crippen LogP contribution in [0.4, 0.5) is 13.2 Å². The van der Waals surface area contributed by atoms with Crippen molar-refractivity contribution >= 4 is 0 Å². The molecule has 118 valence electrons. The molecular weight excluding hydrogens is 279 g/mol. The SMILES string of the molecule is CCCNC1CC(Oc2ccc(C(F)(F)F)cc2)C1(C)C. The Morgan fingerprint density at radius 2 is 1.86 bits per heavy atom. The van der Waals surface area contributed by atoms with Gasteiger partial charge in [0.1, 0.15) is 11.9 Å². The third kappa shape index (κ3) is 3.51. The molecule has 0 aliphatic heterocycles. The predicted molar refractivity (Wildman–Crippen MR) is 76.3 cm³/mol. The van der Waals surface area contributed by atoms with Gasteiger partial charge in [-0.1, -0.05) is 20.8 Å². The lowest BCUT2D eigenvalue weighted by atomic mass is 9.64. The first-order valence-corrected chi connectivity index (χ1v) is 7.32. The third-order valence-electron chi connectivity index (χ3n) is 4.28. The zero-order chi connectivity index (χ0) is 15.7. The monoisotopic (exact) mass is 301 g/mol. The molecule has 0 heterocycles. The van der Waals surface area contributed by atoms with Crippen LogP contribution < -0.4 is 10.1 Å². The van der Waals surface area contributed by atoms with Crippen molar-refractivity contribution in [2.45, 2.75) is 51.9 Å². The number of alkyl halides is 3. The molecule has 0 aromatic heterocycles. The molecule has 0 bridgehead atoms. The first-order chi connectivity index (χ1) is 9.75. The molecule has 1 aliphatic rings. The smallest absolute Gasteiger partial charge is 0.416 e. The Morgan fingerprint density at radius 1 is 1.24 bits per heavy atom. The van der Waals surface area contributed by atoms with Crippen LogP contribution in [-0.4, -0.2) is 18.7 Å². The Balaban J connectivity index is 1.94. The summed E-state index contributed by atoms with van der Waals surface area (Å²) in [6, 6.07) is 5.32. The van der Waals surface area contributed by atoms with Crippen LogP contribution in [0.1, 0.15) is 39.2 Å². The molecule has 5 heteroatoms. The maximum atomic E-state index is 12.5. The molecule has 1 saturated carbocycles. The minimum atomic E-state index is -4.30. The molecule has 0 radical (unpaired) electrons. The van der Waals surface area contributed by atoms with Gasteiger partial charge in [0.05, 0.1) is 5.56 Å². The van der Waals surface area contributed by atoms with Crippen LogP contribution in [-0.2, 0) is 6.18 Å². The standard InChI is InChI=1S/C16H22F3NO/c1-4-9-20-13-10-14(15(13,2)3)21-12-7-5-11(6-8-12)16(17,18)19/h5-8,13-14,20H,4,9-10H2,1-3H3. The molecule has 2 rings (SSSR count).